The standard InChI is InChI=1S/C17H27ClN2O/c1-12-5-7-14(8-6-12)21-16-9-13(15(18)11-19-16)10-20-17(2,3)4/h9,11-12,14,20H,5-8,10H2,1-4H3. The van der Waals surface area contributed by atoms with E-state index in [4.69, 9.17) is 16.3 Å². The first-order valence-electron chi connectivity index (χ1n) is 7.89. The highest BCUT2D eigenvalue weighted by molar-refractivity contribution is 6.31. The van der Waals surface area contributed by atoms with Crippen LogP contribution in [0.3, 0.4) is 0 Å². The number of rotatable bonds is 4. The van der Waals surface area contributed by atoms with Crippen LogP contribution in [0, 0.1) is 5.92 Å². The average molecular weight is 311 g/mol. The smallest absolute Gasteiger partial charge is 0.213 e. The molecule has 1 aromatic heterocycles. The zero-order valence-electron chi connectivity index (χ0n) is 13.6. The van der Waals surface area contributed by atoms with Crippen molar-refractivity contribution in [2.75, 3.05) is 0 Å². The molecule has 1 fully saturated rings. The van der Waals surface area contributed by atoms with Crippen LogP contribution in [0.1, 0.15) is 58.9 Å². The second kappa shape index (κ2) is 6.97. The SMILES string of the molecule is CC1CCC(Oc2cc(CNC(C)(C)C)c(Cl)cn2)CC1. The highest BCUT2D eigenvalue weighted by Crippen LogP contribution is 2.28. The van der Waals surface area contributed by atoms with Crippen molar-refractivity contribution in [3.63, 3.8) is 0 Å². The van der Waals surface area contributed by atoms with E-state index < -0.39 is 0 Å². The Kier molecular flexibility index (Phi) is 5.50. The lowest BCUT2D eigenvalue weighted by Gasteiger charge is -2.26. The van der Waals surface area contributed by atoms with Crippen LogP contribution in [0.5, 0.6) is 5.88 Å². The summed E-state index contributed by atoms with van der Waals surface area (Å²) in [6, 6.07) is 1.97. The normalized spacial score (nSPS) is 23.1. The summed E-state index contributed by atoms with van der Waals surface area (Å²) >= 11 is 6.23. The van der Waals surface area contributed by atoms with Gasteiger partial charge in [-0.25, -0.2) is 4.98 Å². The monoisotopic (exact) mass is 310 g/mol. The van der Waals surface area contributed by atoms with Crippen LogP contribution in [0.2, 0.25) is 5.02 Å². The molecule has 1 N–H and O–H groups in total. The van der Waals surface area contributed by atoms with Crippen LogP contribution < -0.4 is 10.1 Å². The first kappa shape index (κ1) is 16.6. The Hall–Kier alpha value is -0.800. The molecule has 0 aromatic carbocycles. The van der Waals surface area contributed by atoms with Gasteiger partial charge in [0.05, 0.1) is 5.02 Å². The van der Waals surface area contributed by atoms with Crippen LogP contribution in [0.4, 0.5) is 0 Å². The minimum absolute atomic E-state index is 0.0626. The summed E-state index contributed by atoms with van der Waals surface area (Å²) in [5, 5.41) is 4.14. The minimum atomic E-state index is 0.0626. The van der Waals surface area contributed by atoms with Gasteiger partial charge >= 0.3 is 0 Å². The third kappa shape index (κ3) is 5.48. The number of aromatic nitrogens is 1. The molecular formula is C17H27ClN2O. The summed E-state index contributed by atoms with van der Waals surface area (Å²) in [5.74, 6) is 1.53. The largest absolute Gasteiger partial charge is 0.474 e. The molecular weight excluding hydrogens is 284 g/mol. The zero-order chi connectivity index (χ0) is 15.5. The molecule has 0 unspecified atom stereocenters. The molecule has 1 heterocycles. The fourth-order valence-corrected chi connectivity index (χ4v) is 2.71. The van der Waals surface area contributed by atoms with Gasteiger partial charge in [0.15, 0.2) is 0 Å². The van der Waals surface area contributed by atoms with Crippen molar-refractivity contribution in [1.82, 2.24) is 10.3 Å². The molecule has 4 heteroatoms. The lowest BCUT2D eigenvalue weighted by atomic mass is 9.89. The average Bonchev–Trinajstić information content (AvgIpc) is 2.41. The molecule has 0 atom stereocenters. The summed E-state index contributed by atoms with van der Waals surface area (Å²) in [7, 11) is 0. The fourth-order valence-electron chi connectivity index (χ4n) is 2.54. The third-order valence-electron chi connectivity index (χ3n) is 3.97. The molecule has 118 valence electrons. The predicted octanol–water partition coefficient (Wildman–Crippen LogP) is 4.58. The number of hydrogen-bond acceptors (Lipinski definition) is 3. The van der Waals surface area contributed by atoms with E-state index in [2.05, 4.69) is 38.0 Å². The number of hydrogen-bond donors (Lipinski definition) is 1. The minimum Gasteiger partial charge on any atom is -0.474 e. The van der Waals surface area contributed by atoms with Gasteiger partial charge in [-0.15, -0.1) is 0 Å². The Morgan fingerprint density at radius 3 is 2.57 bits per heavy atom. The summed E-state index contributed by atoms with van der Waals surface area (Å²) in [6.45, 7) is 9.46. The van der Waals surface area contributed by atoms with Gasteiger partial charge in [-0.1, -0.05) is 18.5 Å². The highest BCUT2D eigenvalue weighted by atomic mass is 35.5. The Morgan fingerprint density at radius 1 is 1.29 bits per heavy atom. The third-order valence-corrected chi connectivity index (χ3v) is 4.31. The molecule has 2 rings (SSSR count). The van der Waals surface area contributed by atoms with Crippen molar-refractivity contribution in [3.05, 3.63) is 22.8 Å². The molecule has 1 aromatic rings. The van der Waals surface area contributed by atoms with Crippen LogP contribution >= 0.6 is 11.6 Å². The number of nitrogens with one attached hydrogen (secondary N) is 1. The van der Waals surface area contributed by atoms with Crippen LogP contribution in [-0.2, 0) is 6.54 Å². The van der Waals surface area contributed by atoms with E-state index in [1.54, 1.807) is 6.20 Å². The maximum Gasteiger partial charge on any atom is 0.213 e. The topological polar surface area (TPSA) is 34.1 Å². The zero-order valence-corrected chi connectivity index (χ0v) is 14.3. The van der Waals surface area contributed by atoms with Crippen molar-refractivity contribution >= 4 is 11.6 Å². The predicted molar refractivity (Wildman–Crippen MR) is 87.9 cm³/mol. The summed E-state index contributed by atoms with van der Waals surface area (Å²) in [5.41, 5.74) is 1.11. The van der Waals surface area contributed by atoms with Gasteiger partial charge < -0.3 is 10.1 Å². The van der Waals surface area contributed by atoms with E-state index in [-0.39, 0.29) is 5.54 Å². The fraction of sp³-hybridized carbons (Fsp3) is 0.706. The molecule has 0 amide bonds. The first-order valence-corrected chi connectivity index (χ1v) is 8.27. The second-order valence-electron chi connectivity index (χ2n) is 7.22. The molecule has 21 heavy (non-hydrogen) atoms. The van der Waals surface area contributed by atoms with Gasteiger partial charge in [0.1, 0.15) is 6.10 Å². The Morgan fingerprint density at radius 2 is 1.95 bits per heavy atom. The van der Waals surface area contributed by atoms with E-state index in [1.165, 1.54) is 12.8 Å². The second-order valence-corrected chi connectivity index (χ2v) is 7.62. The van der Waals surface area contributed by atoms with E-state index in [0.29, 0.717) is 17.0 Å². The molecule has 0 spiro atoms. The Balaban J connectivity index is 1.97. The molecule has 0 radical (unpaired) electrons. The van der Waals surface area contributed by atoms with Gasteiger partial charge in [0, 0.05) is 24.3 Å². The van der Waals surface area contributed by atoms with Gasteiger partial charge in [0.25, 0.3) is 0 Å². The molecule has 0 aliphatic heterocycles. The maximum absolute atomic E-state index is 6.23. The molecule has 0 saturated heterocycles. The Labute approximate surface area is 133 Å². The van der Waals surface area contributed by atoms with Gasteiger partial charge in [-0.05, 0) is 57.9 Å². The number of pyridine rings is 1. The lowest BCUT2D eigenvalue weighted by Crippen LogP contribution is -2.35. The summed E-state index contributed by atoms with van der Waals surface area (Å²) < 4.78 is 6.03. The maximum atomic E-state index is 6.23. The molecule has 0 bridgehead atoms. The van der Waals surface area contributed by atoms with Crippen molar-refractivity contribution in [2.24, 2.45) is 5.92 Å². The number of ether oxygens (including phenoxy) is 1. The quantitative estimate of drug-likeness (QED) is 0.884. The lowest BCUT2D eigenvalue weighted by molar-refractivity contribution is 0.130. The van der Waals surface area contributed by atoms with E-state index >= 15 is 0 Å². The molecule has 3 nitrogen and oxygen atoms in total. The van der Waals surface area contributed by atoms with E-state index in [1.807, 2.05) is 6.07 Å². The van der Waals surface area contributed by atoms with E-state index in [0.717, 1.165) is 30.9 Å². The Bertz CT molecular complexity index is 462. The summed E-state index contributed by atoms with van der Waals surface area (Å²) in [6.07, 6.45) is 6.75. The van der Waals surface area contributed by atoms with Gasteiger partial charge in [0.2, 0.25) is 5.88 Å². The number of halogens is 1. The van der Waals surface area contributed by atoms with E-state index in [9.17, 15) is 0 Å². The van der Waals surface area contributed by atoms with Gasteiger partial charge in [-0.3, -0.25) is 0 Å². The molecule has 1 saturated carbocycles. The van der Waals surface area contributed by atoms with Crippen molar-refractivity contribution < 1.29 is 4.74 Å². The van der Waals surface area contributed by atoms with Crippen molar-refractivity contribution in [1.29, 1.82) is 0 Å². The molecule has 1 aliphatic carbocycles. The highest BCUT2D eigenvalue weighted by Gasteiger charge is 2.20. The van der Waals surface area contributed by atoms with Crippen LogP contribution in [-0.4, -0.2) is 16.6 Å². The van der Waals surface area contributed by atoms with Crippen LogP contribution in [0.25, 0.3) is 0 Å². The summed E-state index contributed by atoms with van der Waals surface area (Å²) in [4.78, 5) is 4.31. The van der Waals surface area contributed by atoms with Crippen molar-refractivity contribution in [3.8, 4) is 5.88 Å². The van der Waals surface area contributed by atoms with Crippen LogP contribution in [0.15, 0.2) is 12.3 Å². The molecule has 1 aliphatic rings. The first-order chi connectivity index (χ1) is 9.83. The van der Waals surface area contributed by atoms with Crippen molar-refractivity contribution in [2.45, 2.75) is 71.6 Å². The number of nitrogens with zero attached hydrogens (tertiary/aromatic N) is 1. The van der Waals surface area contributed by atoms with Gasteiger partial charge in [-0.2, -0.15) is 0 Å².